The molecular formula is C12H17N3O4. The van der Waals surface area contributed by atoms with Gasteiger partial charge in [0.1, 0.15) is 6.10 Å². The van der Waals surface area contributed by atoms with E-state index in [1.54, 1.807) is 24.0 Å². The van der Waals surface area contributed by atoms with Gasteiger partial charge in [-0.1, -0.05) is 0 Å². The monoisotopic (exact) mass is 267 g/mol. The second kappa shape index (κ2) is 6.21. The molecular weight excluding hydrogens is 250 g/mol. The number of amides is 1. The van der Waals surface area contributed by atoms with E-state index >= 15 is 0 Å². The SMILES string of the molecule is CCOC(=O)N1CCC(Oc2ccc(OC)nn2)C1. The molecule has 0 bridgehead atoms. The van der Waals surface area contributed by atoms with Crippen molar-refractivity contribution in [2.75, 3.05) is 26.8 Å². The van der Waals surface area contributed by atoms with Gasteiger partial charge in [0.15, 0.2) is 0 Å². The van der Waals surface area contributed by atoms with Crippen LogP contribution in [0.4, 0.5) is 4.79 Å². The molecule has 1 fully saturated rings. The average molecular weight is 267 g/mol. The van der Waals surface area contributed by atoms with Crippen LogP contribution in [0.2, 0.25) is 0 Å². The van der Waals surface area contributed by atoms with Crippen LogP contribution in [0, 0.1) is 0 Å². The quantitative estimate of drug-likeness (QED) is 0.813. The molecule has 1 aromatic rings. The van der Waals surface area contributed by atoms with Gasteiger partial charge in [0.2, 0.25) is 11.8 Å². The Balaban J connectivity index is 1.85. The molecule has 7 nitrogen and oxygen atoms in total. The first kappa shape index (κ1) is 13.4. The molecule has 0 spiro atoms. The second-order valence-corrected chi connectivity index (χ2v) is 4.09. The van der Waals surface area contributed by atoms with Crippen molar-refractivity contribution in [2.24, 2.45) is 0 Å². The standard InChI is InChI=1S/C12H17N3O4/c1-3-18-12(16)15-7-6-9(8-15)19-11-5-4-10(17-2)13-14-11/h4-5,9H,3,6-8H2,1-2H3. The molecule has 0 N–H and O–H groups in total. The highest BCUT2D eigenvalue weighted by atomic mass is 16.6. The third kappa shape index (κ3) is 3.46. The first-order chi connectivity index (χ1) is 9.22. The number of rotatable bonds is 4. The van der Waals surface area contributed by atoms with Gasteiger partial charge in [0, 0.05) is 25.1 Å². The van der Waals surface area contributed by atoms with Gasteiger partial charge in [-0.2, -0.15) is 0 Å². The van der Waals surface area contributed by atoms with Crippen LogP contribution in [-0.2, 0) is 4.74 Å². The number of methoxy groups -OCH3 is 1. The molecule has 2 heterocycles. The number of likely N-dealkylation sites (tertiary alicyclic amines) is 1. The Labute approximate surface area is 111 Å². The summed E-state index contributed by atoms with van der Waals surface area (Å²) in [6, 6.07) is 3.37. The highest BCUT2D eigenvalue weighted by Gasteiger charge is 2.28. The fourth-order valence-corrected chi connectivity index (χ4v) is 1.86. The summed E-state index contributed by atoms with van der Waals surface area (Å²) in [5.41, 5.74) is 0. The minimum absolute atomic E-state index is 0.0768. The van der Waals surface area contributed by atoms with Crippen molar-refractivity contribution in [3.63, 3.8) is 0 Å². The molecule has 19 heavy (non-hydrogen) atoms. The predicted octanol–water partition coefficient (Wildman–Crippen LogP) is 1.09. The van der Waals surface area contributed by atoms with Gasteiger partial charge in [0.25, 0.3) is 0 Å². The van der Waals surface area contributed by atoms with E-state index in [1.165, 1.54) is 7.11 Å². The first-order valence-electron chi connectivity index (χ1n) is 6.19. The van der Waals surface area contributed by atoms with E-state index in [2.05, 4.69) is 10.2 Å². The molecule has 7 heteroatoms. The fraction of sp³-hybridized carbons (Fsp3) is 0.583. The number of hydrogen-bond acceptors (Lipinski definition) is 6. The maximum absolute atomic E-state index is 11.5. The highest BCUT2D eigenvalue weighted by Crippen LogP contribution is 2.17. The summed E-state index contributed by atoms with van der Waals surface area (Å²) >= 11 is 0. The van der Waals surface area contributed by atoms with Gasteiger partial charge in [-0.15, -0.1) is 10.2 Å². The summed E-state index contributed by atoms with van der Waals surface area (Å²) in [5, 5.41) is 7.71. The molecule has 104 valence electrons. The smallest absolute Gasteiger partial charge is 0.409 e. The first-order valence-corrected chi connectivity index (χ1v) is 6.19. The molecule has 2 rings (SSSR count). The molecule has 1 amide bonds. The van der Waals surface area contributed by atoms with Gasteiger partial charge in [-0.25, -0.2) is 4.79 Å². The van der Waals surface area contributed by atoms with E-state index in [9.17, 15) is 4.79 Å². The molecule has 0 saturated carbocycles. The van der Waals surface area contributed by atoms with Crippen LogP contribution in [0.5, 0.6) is 11.8 Å². The van der Waals surface area contributed by atoms with Crippen molar-refractivity contribution in [3.8, 4) is 11.8 Å². The second-order valence-electron chi connectivity index (χ2n) is 4.09. The van der Waals surface area contributed by atoms with Gasteiger partial charge in [-0.05, 0) is 6.92 Å². The van der Waals surface area contributed by atoms with Gasteiger partial charge in [0.05, 0.1) is 20.3 Å². The van der Waals surface area contributed by atoms with E-state index in [0.717, 1.165) is 6.42 Å². The largest absolute Gasteiger partial charge is 0.480 e. The zero-order chi connectivity index (χ0) is 13.7. The molecule has 1 saturated heterocycles. The number of nitrogens with zero attached hydrogens (tertiary/aromatic N) is 3. The Morgan fingerprint density at radius 1 is 1.42 bits per heavy atom. The van der Waals surface area contributed by atoms with Crippen molar-refractivity contribution in [1.82, 2.24) is 15.1 Å². The number of carbonyl (C=O) groups excluding carboxylic acids is 1. The molecule has 1 aromatic heterocycles. The Hall–Kier alpha value is -2.05. The predicted molar refractivity (Wildman–Crippen MR) is 66.2 cm³/mol. The van der Waals surface area contributed by atoms with Crippen molar-refractivity contribution in [1.29, 1.82) is 0 Å². The highest BCUT2D eigenvalue weighted by molar-refractivity contribution is 5.67. The van der Waals surface area contributed by atoms with E-state index in [4.69, 9.17) is 14.2 Å². The van der Waals surface area contributed by atoms with Gasteiger partial charge >= 0.3 is 6.09 Å². The fourth-order valence-electron chi connectivity index (χ4n) is 1.86. The van der Waals surface area contributed by atoms with E-state index in [1.807, 2.05) is 0 Å². The number of aromatic nitrogens is 2. The summed E-state index contributed by atoms with van der Waals surface area (Å²) in [6.45, 7) is 3.30. The normalized spacial score (nSPS) is 18.2. The summed E-state index contributed by atoms with van der Waals surface area (Å²) in [4.78, 5) is 13.2. The van der Waals surface area contributed by atoms with Crippen LogP contribution in [-0.4, -0.2) is 54.1 Å². The minimum atomic E-state index is -0.297. The number of ether oxygens (including phenoxy) is 3. The molecule has 0 radical (unpaired) electrons. The minimum Gasteiger partial charge on any atom is -0.480 e. The molecule has 1 unspecified atom stereocenters. The maximum atomic E-state index is 11.5. The lowest BCUT2D eigenvalue weighted by atomic mass is 10.3. The van der Waals surface area contributed by atoms with Crippen LogP contribution in [0.3, 0.4) is 0 Å². The molecule has 1 aliphatic rings. The number of carbonyl (C=O) groups is 1. The summed E-state index contributed by atoms with van der Waals surface area (Å²) in [5.74, 6) is 0.864. The summed E-state index contributed by atoms with van der Waals surface area (Å²) in [6.07, 6.45) is 0.383. The van der Waals surface area contributed by atoms with Gasteiger partial charge in [-0.3, -0.25) is 0 Å². The summed E-state index contributed by atoms with van der Waals surface area (Å²) < 4.78 is 15.5. The average Bonchev–Trinajstić information content (AvgIpc) is 2.88. The Bertz CT molecular complexity index is 423. The van der Waals surface area contributed by atoms with E-state index in [0.29, 0.717) is 31.5 Å². The topological polar surface area (TPSA) is 73.8 Å². The van der Waals surface area contributed by atoms with Crippen molar-refractivity contribution in [3.05, 3.63) is 12.1 Å². The third-order valence-electron chi connectivity index (χ3n) is 2.78. The molecule has 0 aliphatic carbocycles. The Kier molecular flexibility index (Phi) is 4.38. The van der Waals surface area contributed by atoms with E-state index < -0.39 is 0 Å². The van der Waals surface area contributed by atoms with Crippen molar-refractivity contribution in [2.45, 2.75) is 19.4 Å². The maximum Gasteiger partial charge on any atom is 0.409 e. The van der Waals surface area contributed by atoms with Crippen LogP contribution >= 0.6 is 0 Å². The van der Waals surface area contributed by atoms with Crippen molar-refractivity contribution >= 4 is 6.09 Å². The third-order valence-corrected chi connectivity index (χ3v) is 2.78. The van der Waals surface area contributed by atoms with E-state index in [-0.39, 0.29) is 12.2 Å². The van der Waals surface area contributed by atoms with Crippen LogP contribution in [0.1, 0.15) is 13.3 Å². The number of hydrogen-bond donors (Lipinski definition) is 0. The van der Waals surface area contributed by atoms with Crippen LogP contribution in [0.15, 0.2) is 12.1 Å². The lowest BCUT2D eigenvalue weighted by Gasteiger charge is -2.16. The lowest BCUT2D eigenvalue weighted by Crippen LogP contribution is -2.31. The van der Waals surface area contributed by atoms with Crippen molar-refractivity contribution < 1.29 is 19.0 Å². The molecule has 1 aliphatic heterocycles. The zero-order valence-electron chi connectivity index (χ0n) is 11.0. The Morgan fingerprint density at radius 3 is 2.79 bits per heavy atom. The molecule has 0 aromatic carbocycles. The summed E-state index contributed by atoms with van der Waals surface area (Å²) in [7, 11) is 1.53. The van der Waals surface area contributed by atoms with Crippen LogP contribution < -0.4 is 9.47 Å². The van der Waals surface area contributed by atoms with Gasteiger partial charge < -0.3 is 19.1 Å². The molecule has 1 atom stereocenters. The lowest BCUT2D eigenvalue weighted by molar-refractivity contribution is 0.109. The van der Waals surface area contributed by atoms with Crippen LogP contribution in [0.25, 0.3) is 0 Å². The Morgan fingerprint density at radius 2 is 2.16 bits per heavy atom. The zero-order valence-corrected chi connectivity index (χ0v) is 11.0.